The molecular formula is C12H18O4. The van der Waals surface area contributed by atoms with Crippen LogP contribution in [0, 0.1) is 0 Å². The molecule has 0 N–H and O–H groups in total. The summed E-state index contributed by atoms with van der Waals surface area (Å²) in [6, 6.07) is 0. The maximum atomic E-state index is 10.5. The second-order valence-corrected chi connectivity index (χ2v) is 4.55. The lowest BCUT2D eigenvalue weighted by molar-refractivity contribution is -0.118. The van der Waals surface area contributed by atoms with Crippen LogP contribution in [0.4, 0.5) is 0 Å². The maximum Gasteiger partial charge on any atom is 0.348 e. The van der Waals surface area contributed by atoms with Gasteiger partial charge in [-0.2, -0.15) is 0 Å². The summed E-state index contributed by atoms with van der Waals surface area (Å²) in [7, 11) is 0. The zero-order chi connectivity index (χ0) is 11.4. The number of unbranched alkanes of at least 4 members (excludes halogenated alkanes) is 5. The third-order valence-electron chi connectivity index (χ3n) is 3.11. The summed E-state index contributed by atoms with van der Waals surface area (Å²) < 4.78 is 9.44. The van der Waals surface area contributed by atoms with E-state index in [0.29, 0.717) is 0 Å². The lowest BCUT2D eigenvalue weighted by atomic mass is 10.1. The highest BCUT2D eigenvalue weighted by Crippen LogP contribution is 2.21. The van der Waals surface area contributed by atoms with Crippen LogP contribution >= 0.6 is 0 Å². The molecule has 16 heavy (non-hydrogen) atoms. The van der Waals surface area contributed by atoms with Crippen molar-refractivity contribution in [2.45, 2.75) is 63.6 Å². The highest BCUT2D eigenvalue weighted by molar-refractivity contribution is 5.87. The van der Waals surface area contributed by atoms with E-state index in [2.05, 4.69) is 0 Å². The average Bonchev–Trinajstić information content (AvgIpc) is 3.13. The average molecular weight is 226 g/mol. The SMILES string of the molecule is O=C1OC1CCCCCCCCC1OC1=O. The summed E-state index contributed by atoms with van der Waals surface area (Å²) in [6.45, 7) is 0. The molecule has 0 saturated carbocycles. The van der Waals surface area contributed by atoms with E-state index in [0.717, 1.165) is 25.7 Å². The van der Waals surface area contributed by atoms with E-state index < -0.39 is 0 Å². The van der Waals surface area contributed by atoms with Crippen LogP contribution in [0.25, 0.3) is 0 Å². The predicted molar refractivity (Wildman–Crippen MR) is 56.7 cm³/mol. The Balaban J connectivity index is 1.30. The van der Waals surface area contributed by atoms with Gasteiger partial charge in [0.05, 0.1) is 0 Å². The number of carbonyl (C=O) groups excluding carboxylic acids is 2. The van der Waals surface area contributed by atoms with Crippen molar-refractivity contribution in [1.29, 1.82) is 0 Å². The maximum absolute atomic E-state index is 10.5. The molecule has 0 bridgehead atoms. The summed E-state index contributed by atoms with van der Waals surface area (Å²) in [5, 5.41) is 0. The van der Waals surface area contributed by atoms with Crippen LogP contribution in [-0.4, -0.2) is 24.1 Å². The van der Waals surface area contributed by atoms with Gasteiger partial charge in [-0.1, -0.05) is 25.7 Å². The topological polar surface area (TPSA) is 59.2 Å². The van der Waals surface area contributed by atoms with Crippen molar-refractivity contribution in [3.05, 3.63) is 0 Å². The molecule has 2 heterocycles. The zero-order valence-corrected chi connectivity index (χ0v) is 9.44. The van der Waals surface area contributed by atoms with E-state index in [-0.39, 0.29) is 24.1 Å². The van der Waals surface area contributed by atoms with Gasteiger partial charge in [0.15, 0.2) is 12.2 Å². The molecule has 0 aromatic rings. The number of cyclic esters (lactones) is 2. The Bertz CT molecular complexity index is 246. The number of hydrogen-bond donors (Lipinski definition) is 0. The third kappa shape index (κ3) is 3.83. The van der Waals surface area contributed by atoms with Gasteiger partial charge in [-0.05, 0) is 25.7 Å². The van der Waals surface area contributed by atoms with Crippen LogP contribution in [0.2, 0.25) is 0 Å². The summed E-state index contributed by atoms with van der Waals surface area (Å²) in [5.41, 5.74) is 0. The molecule has 2 unspecified atom stereocenters. The summed E-state index contributed by atoms with van der Waals surface area (Å²) >= 11 is 0. The van der Waals surface area contributed by atoms with E-state index >= 15 is 0 Å². The standard InChI is InChI=1S/C12H18O4/c13-11-9(15-11)7-5-3-1-2-4-6-8-10-12(14)16-10/h9-10H,1-8H2. The van der Waals surface area contributed by atoms with Crippen LogP contribution < -0.4 is 0 Å². The first-order chi connectivity index (χ1) is 7.77. The molecule has 0 aliphatic carbocycles. The highest BCUT2D eigenvalue weighted by atomic mass is 16.6. The van der Waals surface area contributed by atoms with E-state index in [1.54, 1.807) is 0 Å². The van der Waals surface area contributed by atoms with E-state index in [4.69, 9.17) is 9.47 Å². The van der Waals surface area contributed by atoms with Gasteiger partial charge < -0.3 is 9.47 Å². The molecule has 2 aliphatic rings. The Morgan fingerprint density at radius 2 is 1.00 bits per heavy atom. The lowest BCUT2D eigenvalue weighted by Gasteiger charge is -1.99. The summed E-state index contributed by atoms with van der Waals surface area (Å²) in [6.07, 6.45) is 8.57. The van der Waals surface area contributed by atoms with Crippen LogP contribution in [0.1, 0.15) is 51.4 Å². The molecule has 2 fully saturated rings. The molecule has 4 heteroatoms. The molecule has 90 valence electrons. The fourth-order valence-electron chi connectivity index (χ4n) is 1.93. The Morgan fingerprint density at radius 1 is 0.688 bits per heavy atom. The van der Waals surface area contributed by atoms with Gasteiger partial charge >= 0.3 is 11.9 Å². The van der Waals surface area contributed by atoms with Gasteiger partial charge in [0.2, 0.25) is 0 Å². The Hall–Kier alpha value is -1.06. The first-order valence-corrected chi connectivity index (χ1v) is 6.18. The predicted octanol–water partition coefficient (Wildman–Crippen LogP) is 1.96. The number of ether oxygens (including phenoxy) is 2. The first kappa shape index (κ1) is 11.4. The van der Waals surface area contributed by atoms with E-state index in [1.165, 1.54) is 25.7 Å². The van der Waals surface area contributed by atoms with Crippen molar-refractivity contribution < 1.29 is 19.1 Å². The molecule has 2 saturated heterocycles. The van der Waals surface area contributed by atoms with Crippen LogP contribution in [-0.2, 0) is 19.1 Å². The van der Waals surface area contributed by atoms with Crippen molar-refractivity contribution in [3.8, 4) is 0 Å². The molecule has 0 radical (unpaired) electrons. The molecule has 0 amide bonds. The quantitative estimate of drug-likeness (QED) is 0.445. The minimum Gasteiger partial charge on any atom is -0.448 e. The molecule has 2 aliphatic heterocycles. The van der Waals surface area contributed by atoms with Crippen LogP contribution in [0.5, 0.6) is 0 Å². The summed E-state index contributed by atoms with van der Waals surface area (Å²) in [4.78, 5) is 21.1. The molecule has 2 atom stereocenters. The fraction of sp³-hybridized carbons (Fsp3) is 0.833. The first-order valence-electron chi connectivity index (χ1n) is 6.18. The Kier molecular flexibility index (Phi) is 3.80. The number of epoxide rings is 2. The monoisotopic (exact) mass is 226 g/mol. The van der Waals surface area contributed by atoms with Gasteiger partial charge in [-0.25, -0.2) is 9.59 Å². The molecular weight excluding hydrogens is 208 g/mol. The van der Waals surface area contributed by atoms with Crippen LogP contribution in [0.3, 0.4) is 0 Å². The van der Waals surface area contributed by atoms with Gasteiger partial charge in [-0.15, -0.1) is 0 Å². The largest absolute Gasteiger partial charge is 0.448 e. The molecule has 2 rings (SSSR count). The van der Waals surface area contributed by atoms with Crippen LogP contribution in [0.15, 0.2) is 0 Å². The van der Waals surface area contributed by atoms with E-state index in [9.17, 15) is 9.59 Å². The minimum absolute atomic E-state index is 0.0332. The number of hydrogen-bond acceptors (Lipinski definition) is 4. The van der Waals surface area contributed by atoms with Gasteiger partial charge in [0.1, 0.15) is 0 Å². The zero-order valence-electron chi connectivity index (χ0n) is 9.44. The molecule has 0 aromatic carbocycles. The number of carbonyl (C=O) groups is 2. The lowest BCUT2D eigenvalue weighted by Crippen LogP contribution is -1.89. The van der Waals surface area contributed by atoms with Crippen molar-refractivity contribution >= 4 is 11.9 Å². The Labute approximate surface area is 95.3 Å². The smallest absolute Gasteiger partial charge is 0.348 e. The normalized spacial score (nSPS) is 26.2. The van der Waals surface area contributed by atoms with Crippen molar-refractivity contribution in [2.24, 2.45) is 0 Å². The molecule has 0 aromatic heterocycles. The second kappa shape index (κ2) is 5.32. The van der Waals surface area contributed by atoms with Crippen molar-refractivity contribution in [2.75, 3.05) is 0 Å². The Morgan fingerprint density at radius 3 is 1.31 bits per heavy atom. The number of rotatable bonds is 9. The minimum atomic E-state index is -0.0713. The molecule has 0 spiro atoms. The van der Waals surface area contributed by atoms with Gasteiger partial charge in [0.25, 0.3) is 0 Å². The fourth-order valence-corrected chi connectivity index (χ4v) is 1.93. The molecule has 4 nitrogen and oxygen atoms in total. The van der Waals surface area contributed by atoms with E-state index in [1.807, 2.05) is 0 Å². The summed E-state index contributed by atoms with van der Waals surface area (Å²) in [5.74, 6) is -0.0665. The second-order valence-electron chi connectivity index (χ2n) is 4.55. The van der Waals surface area contributed by atoms with Crippen molar-refractivity contribution in [3.63, 3.8) is 0 Å². The van der Waals surface area contributed by atoms with Gasteiger partial charge in [0, 0.05) is 0 Å². The highest BCUT2D eigenvalue weighted by Gasteiger charge is 2.37. The van der Waals surface area contributed by atoms with Gasteiger partial charge in [-0.3, -0.25) is 0 Å². The van der Waals surface area contributed by atoms with Crippen molar-refractivity contribution in [1.82, 2.24) is 0 Å². The third-order valence-corrected chi connectivity index (χ3v) is 3.11.